The summed E-state index contributed by atoms with van der Waals surface area (Å²) in [6, 6.07) is 0. The molecular formula is C14H36Ge4. The van der Waals surface area contributed by atoms with Crippen LogP contribution in [0.25, 0.3) is 0 Å². The van der Waals surface area contributed by atoms with Crippen molar-refractivity contribution >= 4 is 57.4 Å². The molecule has 0 unspecified atom stereocenters. The molecule has 4 radical (unpaired) electrons. The SMILES string of the molecule is [CH3][Ge]([CH3])[CH2]C[CH2][Ge]([CH3])[CH3].[CH3][Ge]([CH3])[CH2]C[CH2][Ge]([CH3])[CH3]. The second-order valence-electron chi connectivity index (χ2n) is 6.54. The van der Waals surface area contributed by atoms with Crippen molar-refractivity contribution in [2.45, 2.75) is 79.9 Å². The molecule has 0 saturated carbocycles. The molecule has 4 heteroatoms. The number of rotatable bonds is 8. The molecule has 0 nitrogen and oxygen atoms in total. The van der Waals surface area contributed by atoms with Crippen LogP contribution >= 0.6 is 0 Å². The van der Waals surface area contributed by atoms with E-state index in [9.17, 15) is 0 Å². The summed E-state index contributed by atoms with van der Waals surface area (Å²) >= 11 is -1.71. The second-order valence-corrected chi connectivity index (χ2v) is 31.0. The molecule has 0 amide bonds. The Kier molecular flexibility index (Phi) is 19.4. The van der Waals surface area contributed by atoms with E-state index in [1.807, 2.05) is 0 Å². The Labute approximate surface area is 136 Å². The van der Waals surface area contributed by atoms with Crippen LogP contribution in [0.3, 0.4) is 0 Å². The van der Waals surface area contributed by atoms with Crippen LogP contribution in [-0.2, 0) is 0 Å². The van der Waals surface area contributed by atoms with Gasteiger partial charge in [-0.1, -0.05) is 0 Å². The quantitative estimate of drug-likeness (QED) is 0.376. The van der Waals surface area contributed by atoms with Gasteiger partial charge in [0.25, 0.3) is 0 Å². The Balaban J connectivity index is 0. The van der Waals surface area contributed by atoms with Gasteiger partial charge >= 0.3 is 137 Å². The first kappa shape index (κ1) is 22.5. The van der Waals surface area contributed by atoms with E-state index in [2.05, 4.69) is 46.0 Å². The molecule has 0 aliphatic rings. The molecule has 0 bridgehead atoms. The summed E-state index contributed by atoms with van der Waals surface area (Å²) < 4.78 is 0. The monoisotopic (exact) mass is 500 g/mol. The Morgan fingerprint density at radius 3 is 0.667 bits per heavy atom. The van der Waals surface area contributed by atoms with E-state index in [1.165, 1.54) is 0 Å². The fourth-order valence-electron chi connectivity index (χ4n) is 1.59. The average Bonchev–Trinajstić information content (AvgIpc) is 2.15. The van der Waals surface area contributed by atoms with Crippen LogP contribution in [0.4, 0.5) is 0 Å². The molecule has 0 rings (SSSR count). The third-order valence-electron chi connectivity index (χ3n) is 2.71. The number of hydrogen-bond acceptors (Lipinski definition) is 0. The predicted molar refractivity (Wildman–Crippen MR) is 98.4 cm³/mol. The molecule has 0 spiro atoms. The van der Waals surface area contributed by atoms with Gasteiger partial charge in [-0.15, -0.1) is 0 Å². The second kappa shape index (κ2) is 15.6. The summed E-state index contributed by atoms with van der Waals surface area (Å²) in [5, 5.41) is 6.44. The van der Waals surface area contributed by atoms with Crippen LogP contribution in [-0.4, -0.2) is 57.4 Å². The van der Waals surface area contributed by atoms with E-state index in [0.717, 1.165) is 0 Å². The van der Waals surface area contributed by atoms with Gasteiger partial charge in [0, 0.05) is 0 Å². The van der Waals surface area contributed by atoms with Crippen LogP contribution in [0.5, 0.6) is 0 Å². The third-order valence-corrected chi connectivity index (χ3v) is 14.1. The van der Waals surface area contributed by atoms with Crippen LogP contribution in [0.1, 0.15) is 12.8 Å². The van der Waals surface area contributed by atoms with E-state index >= 15 is 0 Å². The van der Waals surface area contributed by atoms with Gasteiger partial charge < -0.3 is 0 Å². The van der Waals surface area contributed by atoms with Crippen LogP contribution in [0.2, 0.25) is 67.1 Å². The van der Waals surface area contributed by atoms with E-state index in [0.29, 0.717) is 0 Å². The van der Waals surface area contributed by atoms with E-state index in [4.69, 9.17) is 0 Å². The van der Waals surface area contributed by atoms with Gasteiger partial charge in [0.1, 0.15) is 0 Å². The van der Waals surface area contributed by atoms with Gasteiger partial charge in [0.2, 0.25) is 0 Å². The van der Waals surface area contributed by atoms with Gasteiger partial charge in [-0.05, 0) is 0 Å². The van der Waals surface area contributed by atoms with Gasteiger partial charge in [0.15, 0.2) is 0 Å². The fourth-order valence-corrected chi connectivity index (χ4v) is 12.1. The maximum atomic E-state index is 2.48. The minimum absolute atomic E-state index is 0.427. The summed E-state index contributed by atoms with van der Waals surface area (Å²) in [5.41, 5.74) is 0. The molecule has 0 aliphatic heterocycles. The molecule has 0 atom stereocenters. The molecule has 0 aromatic carbocycles. The van der Waals surface area contributed by atoms with E-state index in [-0.39, 0.29) is 0 Å². The number of hydrogen-bond donors (Lipinski definition) is 0. The Hall–Kier alpha value is 2.17. The first-order valence-electron chi connectivity index (χ1n) is 7.41. The van der Waals surface area contributed by atoms with Gasteiger partial charge in [-0.3, -0.25) is 0 Å². The van der Waals surface area contributed by atoms with Crippen molar-refractivity contribution in [2.24, 2.45) is 0 Å². The zero-order valence-electron chi connectivity index (χ0n) is 14.2. The van der Waals surface area contributed by atoms with Crippen molar-refractivity contribution in [3.05, 3.63) is 0 Å². The van der Waals surface area contributed by atoms with Gasteiger partial charge in [-0.2, -0.15) is 0 Å². The summed E-state index contributed by atoms with van der Waals surface area (Å²) in [4.78, 5) is 0. The first-order chi connectivity index (χ1) is 8.25. The molecule has 0 heterocycles. The third kappa shape index (κ3) is 26.7. The molecule has 0 N–H and O–H groups in total. The van der Waals surface area contributed by atoms with Gasteiger partial charge in [-0.25, -0.2) is 0 Å². The summed E-state index contributed by atoms with van der Waals surface area (Å²) in [6.45, 7) is 0. The zero-order valence-corrected chi connectivity index (χ0v) is 22.6. The summed E-state index contributed by atoms with van der Waals surface area (Å²) in [6.07, 6.45) is 3.12. The average molecular weight is 495 g/mol. The van der Waals surface area contributed by atoms with Crippen LogP contribution in [0, 0.1) is 0 Å². The standard InChI is InChI=1S/2C7H18Ge2/c2*1-8(2)6-5-7-9(3)4/h2*5-7H2,1-4H3. The Morgan fingerprint density at radius 1 is 0.389 bits per heavy atom. The topological polar surface area (TPSA) is 0 Å². The van der Waals surface area contributed by atoms with Crippen molar-refractivity contribution < 1.29 is 0 Å². The molecule has 0 fully saturated rings. The van der Waals surface area contributed by atoms with E-state index in [1.54, 1.807) is 33.9 Å². The summed E-state index contributed by atoms with van der Waals surface area (Å²) in [5.74, 6) is 19.8. The van der Waals surface area contributed by atoms with Crippen molar-refractivity contribution in [1.82, 2.24) is 0 Å². The van der Waals surface area contributed by atoms with Gasteiger partial charge in [0.05, 0.1) is 0 Å². The van der Waals surface area contributed by atoms with Crippen LogP contribution in [0.15, 0.2) is 0 Å². The summed E-state index contributed by atoms with van der Waals surface area (Å²) in [7, 11) is 0. The van der Waals surface area contributed by atoms with Crippen LogP contribution < -0.4 is 0 Å². The molecule has 18 heavy (non-hydrogen) atoms. The van der Waals surface area contributed by atoms with Crippen molar-refractivity contribution in [3.63, 3.8) is 0 Å². The Bertz CT molecular complexity index is 122. The molecule has 0 aromatic rings. The maximum absolute atomic E-state index is 2.48. The van der Waals surface area contributed by atoms with E-state index < -0.39 is 57.4 Å². The Morgan fingerprint density at radius 2 is 0.556 bits per heavy atom. The van der Waals surface area contributed by atoms with Crippen molar-refractivity contribution in [1.29, 1.82) is 0 Å². The molecule has 108 valence electrons. The molecule has 0 saturated heterocycles. The normalized spacial score (nSPS) is 11.3. The first-order valence-corrected chi connectivity index (χ1v) is 30.1. The molecule has 0 aromatic heterocycles. The molecule has 0 aliphatic carbocycles. The van der Waals surface area contributed by atoms with Crippen molar-refractivity contribution in [2.75, 3.05) is 0 Å². The predicted octanol–water partition coefficient (Wildman–Crippen LogP) is 5.77. The minimum atomic E-state index is -0.427. The fraction of sp³-hybridized carbons (Fsp3) is 1.00. The zero-order chi connectivity index (χ0) is 14.6. The van der Waals surface area contributed by atoms with Crippen molar-refractivity contribution in [3.8, 4) is 0 Å². The molecular weight excluding hydrogens is 459 g/mol.